The number of hydrogen-bond donors (Lipinski definition) is 2. The number of aliphatic hydroxyl groups is 1. The van der Waals surface area contributed by atoms with Gasteiger partial charge in [-0.3, -0.25) is 0 Å². The Labute approximate surface area is 114 Å². The van der Waals surface area contributed by atoms with Crippen LogP contribution in [0.2, 0.25) is 0 Å². The van der Waals surface area contributed by atoms with Crippen molar-refractivity contribution < 1.29 is 9.50 Å². The van der Waals surface area contributed by atoms with Crippen LogP contribution in [0.5, 0.6) is 0 Å². The molecule has 1 heterocycles. The molecule has 0 bridgehead atoms. The van der Waals surface area contributed by atoms with Gasteiger partial charge < -0.3 is 15.7 Å². The lowest BCUT2D eigenvalue weighted by molar-refractivity contribution is 0.0481. The van der Waals surface area contributed by atoms with E-state index in [1.807, 2.05) is 13.8 Å². The summed E-state index contributed by atoms with van der Waals surface area (Å²) >= 11 is 0. The molecule has 0 radical (unpaired) electrons. The highest BCUT2D eigenvalue weighted by Gasteiger charge is 2.26. The highest BCUT2D eigenvalue weighted by atomic mass is 19.1. The Morgan fingerprint density at radius 3 is 2.79 bits per heavy atom. The molecule has 1 aliphatic rings. The van der Waals surface area contributed by atoms with Gasteiger partial charge in [0.1, 0.15) is 5.82 Å². The van der Waals surface area contributed by atoms with Crippen LogP contribution in [0, 0.1) is 5.82 Å². The van der Waals surface area contributed by atoms with Gasteiger partial charge in [0.25, 0.3) is 0 Å². The van der Waals surface area contributed by atoms with Crippen molar-refractivity contribution in [1.29, 1.82) is 0 Å². The number of benzene rings is 1. The molecule has 0 spiro atoms. The van der Waals surface area contributed by atoms with E-state index in [4.69, 9.17) is 5.73 Å². The maximum atomic E-state index is 13.4. The summed E-state index contributed by atoms with van der Waals surface area (Å²) in [6, 6.07) is 4.59. The average molecular weight is 266 g/mol. The van der Waals surface area contributed by atoms with E-state index in [9.17, 15) is 9.50 Å². The van der Waals surface area contributed by atoms with Crippen LogP contribution in [-0.2, 0) is 0 Å². The van der Waals surface area contributed by atoms with Crippen molar-refractivity contribution in [2.45, 2.75) is 44.8 Å². The van der Waals surface area contributed by atoms with Crippen molar-refractivity contribution in [2.24, 2.45) is 5.73 Å². The zero-order valence-corrected chi connectivity index (χ0v) is 11.7. The normalized spacial score (nSPS) is 26.1. The molecule has 3 nitrogen and oxygen atoms in total. The van der Waals surface area contributed by atoms with Crippen LogP contribution >= 0.6 is 0 Å². The van der Waals surface area contributed by atoms with Crippen LogP contribution in [0.15, 0.2) is 18.2 Å². The summed E-state index contributed by atoms with van der Waals surface area (Å²) in [6.07, 6.45) is 2.46. The SMILES string of the molecule is C[C@@H](N)c1cc(F)ccc1N1CCCC(C)(O)CC1. The average Bonchev–Trinajstić information content (AvgIpc) is 2.50. The fourth-order valence-corrected chi connectivity index (χ4v) is 2.68. The van der Waals surface area contributed by atoms with Crippen LogP contribution in [0.4, 0.5) is 10.1 Å². The van der Waals surface area contributed by atoms with Crippen molar-refractivity contribution in [2.75, 3.05) is 18.0 Å². The molecule has 0 aliphatic carbocycles. The van der Waals surface area contributed by atoms with E-state index in [1.54, 1.807) is 6.07 Å². The van der Waals surface area contributed by atoms with Gasteiger partial charge in [-0.1, -0.05) is 0 Å². The second-order valence-corrected chi connectivity index (χ2v) is 5.83. The lowest BCUT2D eigenvalue weighted by Gasteiger charge is -2.27. The van der Waals surface area contributed by atoms with E-state index in [1.165, 1.54) is 12.1 Å². The second kappa shape index (κ2) is 5.47. The molecule has 0 aromatic heterocycles. The van der Waals surface area contributed by atoms with Gasteiger partial charge in [0.2, 0.25) is 0 Å². The minimum atomic E-state index is -0.594. The number of nitrogens with zero attached hydrogens (tertiary/aromatic N) is 1. The van der Waals surface area contributed by atoms with Gasteiger partial charge >= 0.3 is 0 Å². The molecule has 0 amide bonds. The Balaban J connectivity index is 2.26. The van der Waals surface area contributed by atoms with Gasteiger partial charge in [-0.25, -0.2) is 4.39 Å². The van der Waals surface area contributed by atoms with E-state index < -0.39 is 5.60 Å². The number of nitrogens with two attached hydrogens (primary N) is 1. The second-order valence-electron chi connectivity index (χ2n) is 5.83. The third-order valence-corrected chi connectivity index (χ3v) is 3.88. The summed E-state index contributed by atoms with van der Waals surface area (Å²) in [7, 11) is 0. The summed E-state index contributed by atoms with van der Waals surface area (Å²) in [5.74, 6) is -0.252. The lowest BCUT2D eigenvalue weighted by Crippen LogP contribution is -2.29. The van der Waals surface area contributed by atoms with Gasteiger partial charge in [0.15, 0.2) is 0 Å². The maximum absolute atomic E-state index is 13.4. The highest BCUT2D eigenvalue weighted by molar-refractivity contribution is 5.55. The van der Waals surface area contributed by atoms with Gasteiger partial charge in [0, 0.05) is 24.8 Å². The summed E-state index contributed by atoms with van der Waals surface area (Å²) in [6.45, 7) is 5.40. The van der Waals surface area contributed by atoms with E-state index in [2.05, 4.69) is 4.90 Å². The summed E-state index contributed by atoms with van der Waals surface area (Å²) in [5, 5.41) is 10.1. The molecule has 19 heavy (non-hydrogen) atoms. The van der Waals surface area contributed by atoms with E-state index in [0.29, 0.717) is 0 Å². The number of halogens is 1. The van der Waals surface area contributed by atoms with Gasteiger partial charge in [0.05, 0.1) is 5.60 Å². The summed E-state index contributed by atoms with van der Waals surface area (Å²) < 4.78 is 13.4. The van der Waals surface area contributed by atoms with Crippen LogP contribution in [-0.4, -0.2) is 23.8 Å². The quantitative estimate of drug-likeness (QED) is 0.865. The Bertz CT molecular complexity index is 446. The Kier molecular flexibility index (Phi) is 4.11. The topological polar surface area (TPSA) is 49.5 Å². The maximum Gasteiger partial charge on any atom is 0.123 e. The van der Waals surface area contributed by atoms with Crippen molar-refractivity contribution >= 4 is 5.69 Å². The van der Waals surface area contributed by atoms with Gasteiger partial charge in [-0.2, -0.15) is 0 Å². The Morgan fingerprint density at radius 1 is 1.37 bits per heavy atom. The largest absolute Gasteiger partial charge is 0.390 e. The highest BCUT2D eigenvalue weighted by Crippen LogP contribution is 2.30. The Morgan fingerprint density at radius 2 is 2.11 bits per heavy atom. The van der Waals surface area contributed by atoms with Gasteiger partial charge in [-0.05, 0) is 56.9 Å². The third-order valence-electron chi connectivity index (χ3n) is 3.88. The summed E-state index contributed by atoms with van der Waals surface area (Å²) in [5.41, 5.74) is 7.18. The van der Waals surface area contributed by atoms with Crippen LogP contribution in [0.25, 0.3) is 0 Å². The molecule has 1 aromatic carbocycles. The smallest absolute Gasteiger partial charge is 0.123 e. The van der Waals surface area contributed by atoms with Crippen molar-refractivity contribution in [3.8, 4) is 0 Å². The van der Waals surface area contributed by atoms with Crippen LogP contribution < -0.4 is 10.6 Å². The van der Waals surface area contributed by atoms with E-state index in [-0.39, 0.29) is 11.9 Å². The Hall–Kier alpha value is -1.13. The fraction of sp³-hybridized carbons (Fsp3) is 0.600. The molecule has 1 saturated heterocycles. The molecule has 1 fully saturated rings. The first-order valence-corrected chi connectivity index (χ1v) is 6.91. The molecular formula is C15H23FN2O. The molecule has 2 rings (SSSR count). The zero-order chi connectivity index (χ0) is 14.0. The van der Waals surface area contributed by atoms with Crippen molar-refractivity contribution in [3.63, 3.8) is 0 Å². The zero-order valence-electron chi connectivity index (χ0n) is 11.7. The molecule has 4 heteroatoms. The monoisotopic (exact) mass is 266 g/mol. The molecule has 0 saturated carbocycles. The predicted molar refractivity (Wildman–Crippen MR) is 75.7 cm³/mol. The number of anilines is 1. The number of hydrogen-bond acceptors (Lipinski definition) is 3. The van der Waals surface area contributed by atoms with E-state index in [0.717, 1.165) is 43.6 Å². The predicted octanol–water partition coefficient (Wildman–Crippen LogP) is 2.59. The fourth-order valence-electron chi connectivity index (χ4n) is 2.68. The lowest BCUT2D eigenvalue weighted by atomic mass is 9.98. The first kappa shape index (κ1) is 14.3. The molecule has 1 unspecified atom stereocenters. The van der Waals surface area contributed by atoms with Gasteiger partial charge in [-0.15, -0.1) is 0 Å². The molecule has 1 aromatic rings. The number of rotatable bonds is 2. The first-order valence-electron chi connectivity index (χ1n) is 6.91. The first-order chi connectivity index (χ1) is 8.89. The minimum absolute atomic E-state index is 0.200. The molecular weight excluding hydrogens is 243 g/mol. The third kappa shape index (κ3) is 3.45. The molecule has 2 atom stereocenters. The van der Waals surface area contributed by atoms with E-state index >= 15 is 0 Å². The molecule has 3 N–H and O–H groups in total. The minimum Gasteiger partial charge on any atom is -0.390 e. The van der Waals surface area contributed by atoms with Crippen molar-refractivity contribution in [1.82, 2.24) is 0 Å². The molecule has 106 valence electrons. The van der Waals surface area contributed by atoms with Crippen LogP contribution in [0.1, 0.15) is 44.7 Å². The standard InChI is InChI=1S/C15H23FN2O/c1-11(17)13-10-12(16)4-5-14(13)18-8-3-6-15(2,19)7-9-18/h4-5,10-11,19H,3,6-9,17H2,1-2H3/t11-,15?/m1/s1. The molecule has 1 aliphatic heterocycles. The van der Waals surface area contributed by atoms with Crippen LogP contribution in [0.3, 0.4) is 0 Å². The van der Waals surface area contributed by atoms with Crippen molar-refractivity contribution in [3.05, 3.63) is 29.6 Å². The summed E-state index contributed by atoms with van der Waals surface area (Å²) in [4.78, 5) is 2.21.